The van der Waals surface area contributed by atoms with Crippen LogP contribution in [0, 0.1) is 6.92 Å². The van der Waals surface area contributed by atoms with Crippen LogP contribution < -0.4 is 0 Å². The lowest BCUT2D eigenvalue weighted by Crippen LogP contribution is -2.38. The average molecular weight is 418 g/mol. The number of rotatable bonds is 4. The number of carbonyl (C=O) groups excluding carboxylic acids is 2. The van der Waals surface area contributed by atoms with Crippen LogP contribution in [0.3, 0.4) is 0 Å². The average Bonchev–Trinajstić information content (AvgIpc) is 3.40. The molecule has 1 aromatic carbocycles. The molecule has 1 aliphatic rings. The van der Waals surface area contributed by atoms with E-state index in [4.69, 9.17) is 16.3 Å². The second-order valence-corrected chi connectivity index (χ2v) is 8.30. The summed E-state index contributed by atoms with van der Waals surface area (Å²) in [5, 5.41) is 6.00. The maximum absolute atomic E-state index is 12.6. The number of halogens is 1. The molecule has 1 amide bonds. The minimum atomic E-state index is -0.794. The predicted octanol–water partition coefficient (Wildman–Crippen LogP) is 4.22. The van der Waals surface area contributed by atoms with Gasteiger partial charge in [-0.1, -0.05) is 23.7 Å². The van der Waals surface area contributed by atoms with Crippen LogP contribution in [-0.2, 0) is 9.53 Å². The molecular weight excluding hydrogens is 398 g/mol. The van der Waals surface area contributed by atoms with E-state index in [9.17, 15) is 9.59 Å². The highest BCUT2D eigenvalue weighted by molar-refractivity contribution is 7.20. The van der Waals surface area contributed by atoms with Gasteiger partial charge < -0.3 is 9.64 Å². The monoisotopic (exact) mass is 417 g/mol. The fourth-order valence-corrected chi connectivity index (χ4v) is 4.67. The van der Waals surface area contributed by atoms with Gasteiger partial charge in [-0.2, -0.15) is 5.10 Å². The van der Waals surface area contributed by atoms with Gasteiger partial charge in [0.05, 0.1) is 16.4 Å². The lowest BCUT2D eigenvalue weighted by molar-refractivity contribution is -0.138. The molecule has 6 nitrogen and oxygen atoms in total. The topological polar surface area (TPSA) is 64.4 Å². The number of amides is 1. The van der Waals surface area contributed by atoms with Crippen LogP contribution in [0.4, 0.5) is 0 Å². The van der Waals surface area contributed by atoms with Gasteiger partial charge in [0.15, 0.2) is 6.10 Å². The summed E-state index contributed by atoms with van der Waals surface area (Å²) in [6.07, 6.45) is 1.21. The second kappa shape index (κ2) is 7.56. The Morgan fingerprint density at radius 3 is 2.68 bits per heavy atom. The molecule has 8 heteroatoms. The van der Waals surface area contributed by atoms with E-state index in [2.05, 4.69) is 5.10 Å². The third kappa shape index (κ3) is 3.40. The summed E-state index contributed by atoms with van der Waals surface area (Å²) in [4.78, 5) is 28.0. The Hall–Kier alpha value is -2.38. The first-order valence-corrected chi connectivity index (χ1v) is 10.4. The number of esters is 1. The number of aryl methyl sites for hydroxylation is 1. The van der Waals surface area contributed by atoms with Gasteiger partial charge in [0.1, 0.15) is 9.71 Å². The molecule has 0 radical (unpaired) electrons. The number of para-hydroxylation sites is 1. The van der Waals surface area contributed by atoms with E-state index in [1.54, 1.807) is 28.6 Å². The van der Waals surface area contributed by atoms with Crippen molar-refractivity contribution >= 4 is 45.0 Å². The molecule has 2 aromatic heterocycles. The number of fused-ring (bicyclic) bond motifs is 1. The normalized spacial score (nSPS) is 15.2. The van der Waals surface area contributed by atoms with Gasteiger partial charge in [-0.3, -0.25) is 4.79 Å². The van der Waals surface area contributed by atoms with Crippen LogP contribution in [0.5, 0.6) is 0 Å². The van der Waals surface area contributed by atoms with Gasteiger partial charge in [-0.05, 0) is 44.9 Å². The van der Waals surface area contributed by atoms with Crippen LogP contribution in [0.1, 0.15) is 35.1 Å². The van der Waals surface area contributed by atoms with E-state index in [1.807, 2.05) is 25.1 Å². The van der Waals surface area contributed by atoms with Gasteiger partial charge in [0.25, 0.3) is 5.91 Å². The highest BCUT2D eigenvalue weighted by Crippen LogP contribution is 2.32. The molecule has 1 saturated heterocycles. The van der Waals surface area contributed by atoms with Crippen LogP contribution in [0.2, 0.25) is 5.02 Å². The zero-order valence-corrected chi connectivity index (χ0v) is 17.2. The van der Waals surface area contributed by atoms with Gasteiger partial charge in [0.2, 0.25) is 0 Å². The minimum Gasteiger partial charge on any atom is -0.448 e. The lowest BCUT2D eigenvalue weighted by Gasteiger charge is -2.20. The first-order chi connectivity index (χ1) is 13.5. The summed E-state index contributed by atoms with van der Waals surface area (Å²) < 4.78 is 7.19. The molecule has 146 valence electrons. The summed E-state index contributed by atoms with van der Waals surface area (Å²) in [5.74, 6) is -0.628. The molecule has 28 heavy (non-hydrogen) atoms. The molecule has 3 heterocycles. The molecule has 0 unspecified atom stereocenters. The summed E-state index contributed by atoms with van der Waals surface area (Å²) in [6, 6.07) is 9.19. The van der Waals surface area contributed by atoms with Crippen molar-refractivity contribution in [2.45, 2.75) is 32.8 Å². The number of aromatic nitrogens is 2. The van der Waals surface area contributed by atoms with Gasteiger partial charge in [-0.15, -0.1) is 11.3 Å². The molecule has 0 spiro atoms. The van der Waals surface area contributed by atoms with Crippen molar-refractivity contribution in [3.05, 3.63) is 45.9 Å². The number of hydrogen-bond donors (Lipinski definition) is 0. The Balaban J connectivity index is 1.59. The number of likely N-dealkylation sites (tertiary alicyclic amines) is 1. The second-order valence-electron chi connectivity index (χ2n) is 6.86. The third-order valence-corrected chi connectivity index (χ3v) is 6.29. The third-order valence-electron chi connectivity index (χ3n) is 4.88. The van der Waals surface area contributed by atoms with Crippen molar-refractivity contribution in [3.8, 4) is 5.69 Å². The highest BCUT2D eigenvalue weighted by atomic mass is 35.5. The van der Waals surface area contributed by atoms with E-state index >= 15 is 0 Å². The molecule has 0 bridgehead atoms. The molecule has 4 rings (SSSR count). The zero-order valence-electron chi connectivity index (χ0n) is 15.6. The summed E-state index contributed by atoms with van der Waals surface area (Å²) in [7, 11) is 0. The Bertz CT molecular complexity index is 1050. The lowest BCUT2D eigenvalue weighted by atomic mass is 10.3. The van der Waals surface area contributed by atoms with Crippen LogP contribution in [0.25, 0.3) is 15.9 Å². The maximum atomic E-state index is 12.6. The SMILES string of the molecule is Cc1nn(-c2ccccc2Cl)c2sc(C(=O)O[C@@H](C)C(=O)N3CCCC3)cc12. The van der Waals surface area contributed by atoms with Crippen molar-refractivity contribution in [1.82, 2.24) is 14.7 Å². The number of hydrogen-bond acceptors (Lipinski definition) is 5. The first kappa shape index (κ1) is 19.0. The molecule has 0 N–H and O–H groups in total. The maximum Gasteiger partial charge on any atom is 0.349 e. The first-order valence-electron chi connectivity index (χ1n) is 9.19. The number of benzene rings is 1. The largest absolute Gasteiger partial charge is 0.448 e. The van der Waals surface area contributed by atoms with E-state index < -0.39 is 12.1 Å². The number of thiophene rings is 1. The number of ether oxygens (including phenoxy) is 1. The van der Waals surface area contributed by atoms with Crippen LogP contribution in [0.15, 0.2) is 30.3 Å². The Morgan fingerprint density at radius 2 is 1.96 bits per heavy atom. The standard InChI is InChI=1S/C20H20ClN3O3S/c1-12-14-11-17(20(26)27-13(2)18(25)23-9-5-6-10-23)28-19(14)24(22-12)16-8-4-3-7-15(16)21/h3-4,7-8,11,13H,5-6,9-10H2,1-2H3/t13-/m0/s1. The molecular formula is C20H20ClN3O3S. The van der Waals surface area contributed by atoms with Gasteiger partial charge in [0, 0.05) is 18.5 Å². The summed E-state index contributed by atoms with van der Waals surface area (Å²) in [6.45, 7) is 4.98. The molecule has 1 fully saturated rings. The molecule has 0 saturated carbocycles. The van der Waals surface area contributed by atoms with Crippen LogP contribution >= 0.6 is 22.9 Å². The highest BCUT2D eigenvalue weighted by Gasteiger charge is 2.27. The fraction of sp³-hybridized carbons (Fsp3) is 0.350. The smallest absolute Gasteiger partial charge is 0.349 e. The van der Waals surface area contributed by atoms with Crippen molar-refractivity contribution in [1.29, 1.82) is 0 Å². The Labute approximate surface area is 171 Å². The van der Waals surface area contributed by atoms with Crippen molar-refractivity contribution in [3.63, 3.8) is 0 Å². The molecule has 1 atom stereocenters. The quantitative estimate of drug-likeness (QED) is 0.596. The Kier molecular flexibility index (Phi) is 5.12. The minimum absolute atomic E-state index is 0.134. The van der Waals surface area contributed by atoms with Gasteiger partial charge >= 0.3 is 5.97 Å². The Morgan fingerprint density at radius 1 is 1.25 bits per heavy atom. The van der Waals surface area contributed by atoms with Crippen molar-refractivity contribution in [2.24, 2.45) is 0 Å². The number of nitrogens with zero attached hydrogens (tertiary/aromatic N) is 3. The molecule has 0 aliphatic carbocycles. The van der Waals surface area contributed by atoms with E-state index in [0.29, 0.717) is 9.90 Å². The van der Waals surface area contributed by atoms with Crippen molar-refractivity contribution in [2.75, 3.05) is 13.1 Å². The summed E-state index contributed by atoms with van der Waals surface area (Å²) in [5.41, 5.74) is 1.55. The predicted molar refractivity (Wildman–Crippen MR) is 109 cm³/mol. The number of carbonyl (C=O) groups is 2. The van der Waals surface area contributed by atoms with Gasteiger partial charge in [-0.25, -0.2) is 9.48 Å². The van der Waals surface area contributed by atoms with E-state index in [0.717, 1.165) is 47.5 Å². The zero-order chi connectivity index (χ0) is 19.8. The van der Waals surface area contributed by atoms with Crippen molar-refractivity contribution < 1.29 is 14.3 Å². The molecule has 3 aromatic rings. The van der Waals surface area contributed by atoms with Crippen LogP contribution in [-0.4, -0.2) is 45.8 Å². The summed E-state index contributed by atoms with van der Waals surface area (Å²) >= 11 is 7.60. The fourth-order valence-electron chi connectivity index (χ4n) is 3.40. The van der Waals surface area contributed by atoms with E-state index in [1.165, 1.54) is 11.3 Å². The molecule has 1 aliphatic heterocycles. The van der Waals surface area contributed by atoms with E-state index in [-0.39, 0.29) is 5.91 Å².